The first-order valence-electron chi connectivity index (χ1n) is 11.4. The molecule has 0 bridgehead atoms. The number of benzene rings is 4. The van der Waals surface area contributed by atoms with Gasteiger partial charge in [0.2, 0.25) is 0 Å². The third-order valence-corrected chi connectivity index (χ3v) is 5.57. The Morgan fingerprint density at radius 2 is 1.38 bits per heavy atom. The molecule has 2 amide bonds. The maximum absolute atomic E-state index is 12.5. The van der Waals surface area contributed by atoms with E-state index < -0.39 is 16.8 Å². The summed E-state index contributed by atoms with van der Waals surface area (Å²) in [6.07, 6.45) is 1.32. The molecule has 0 radical (unpaired) electrons. The molecule has 2 N–H and O–H groups in total. The molecule has 0 heterocycles. The lowest BCUT2D eigenvalue weighted by atomic mass is 10.1. The first-order valence-corrected chi connectivity index (χ1v) is 11.7. The number of nitrogens with zero attached hydrogens (tertiary/aromatic N) is 2. The highest BCUT2D eigenvalue weighted by Gasteiger charge is 2.13. The van der Waals surface area contributed by atoms with Gasteiger partial charge in [-0.05, 0) is 72.8 Å². The smallest absolute Gasteiger partial charge is 0.343 e. The minimum Gasteiger partial charge on any atom is -0.422 e. The zero-order chi connectivity index (χ0) is 27.8. The fraction of sp³-hybridized carbons (Fsp3) is 0. The summed E-state index contributed by atoms with van der Waals surface area (Å²) in [5.41, 5.74) is 4.03. The summed E-state index contributed by atoms with van der Waals surface area (Å²) >= 11 is 5.84. The normalized spacial score (nSPS) is 10.6. The second-order valence-corrected chi connectivity index (χ2v) is 8.41. The van der Waals surface area contributed by atoms with Crippen LogP contribution in [0.1, 0.15) is 36.6 Å². The van der Waals surface area contributed by atoms with Gasteiger partial charge < -0.3 is 10.1 Å². The van der Waals surface area contributed by atoms with Crippen LogP contribution in [0.4, 0.5) is 11.4 Å². The average Bonchev–Trinajstić information content (AvgIpc) is 2.94. The summed E-state index contributed by atoms with van der Waals surface area (Å²) in [6.45, 7) is 0. The molecule has 0 saturated carbocycles. The predicted octanol–water partition coefficient (Wildman–Crippen LogP) is 5.48. The van der Waals surface area contributed by atoms with Gasteiger partial charge in [0.05, 0.1) is 16.7 Å². The summed E-state index contributed by atoms with van der Waals surface area (Å²) in [7, 11) is 0. The number of nitro benzene ring substituents is 1. The Kier molecular flexibility index (Phi) is 8.40. The number of para-hydroxylation sites is 1. The number of nitro groups is 1. The summed E-state index contributed by atoms with van der Waals surface area (Å²) in [4.78, 5) is 47.5. The zero-order valence-corrected chi connectivity index (χ0v) is 20.8. The number of non-ortho nitro benzene ring substituents is 1. The molecule has 0 aliphatic heterocycles. The molecule has 0 saturated heterocycles. The second kappa shape index (κ2) is 12.3. The first kappa shape index (κ1) is 26.7. The molecule has 0 atom stereocenters. The van der Waals surface area contributed by atoms with Crippen molar-refractivity contribution in [2.24, 2.45) is 5.10 Å². The fourth-order valence-corrected chi connectivity index (χ4v) is 3.42. The Morgan fingerprint density at radius 1 is 0.795 bits per heavy atom. The van der Waals surface area contributed by atoms with Gasteiger partial charge in [-0.2, -0.15) is 5.10 Å². The van der Waals surface area contributed by atoms with Crippen molar-refractivity contribution >= 4 is 47.0 Å². The monoisotopic (exact) mass is 542 g/mol. The highest BCUT2D eigenvalue weighted by atomic mass is 35.5. The molecule has 0 aliphatic rings. The van der Waals surface area contributed by atoms with E-state index in [1.165, 1.54) is 42.6 Å². The molecule has 0 unspecified atom stereocenters. The lowest BCUT2D eigenvalue weighted by Gasteiger charge is -2.08. The molecule has 4 aromatic carbocycles. The van der Waals surface area contributed by atoms with Gasteiger partial charge in [-0.25, -0.2) is 10.2 Å². The van der Waals surface area contributed by atoms with Crippen LogP contribution in [-0.2, 0) is 0 Å². The van der Waals surface area contributed by atoms with Crippen LogP contribution >= 0.6 is 11.6 Å². The van der Waals surface area contributed by atoms with Crippen LogP contribution in [0.2, 0.25) is 5.02 Å². The van der Waals surface area contributed by atoms with Gasteiger partial charge in [0.1, 0.15) is 5.75 Å². The molecule has 10 nitrogen and oxygen atoms in total. The van der Waals surface area contributed by atoms with E-state index in [1.807, 2.05) is 0 Å². The summed E-state index contributed by atoms with van der Waals surface area (Å²) in [5.74, 6) is -1.35. The van der Waals surface area contributed by atoms with Gasteiger partial charge in [0, 0.05) is 39.5 Å². The summed E-state index contributed by atoms with van der Waals surface area (Å²) in [6, 6.07) is 24.2. The van der Waals surface area contributed by atoms with E-state index in [0.717, 1.165) is 0 Å². The maximum Gasteiger partial charge on any atom is 0.343 e. The van der Waals surface area contributed by atoms with Crippen molar-refractivity contribution in [1.82, 2.24) is 5.43 Å². The van der Waals surface area contributed by atoms with E-state index >= 15 is 0 Å². The predicted molar refractivity (Wildman–Crippen MR) is 145 cm³/mol. The molecule has 39 heavy (non-hydrogen) atoms. The number of carbonyl (C=O) groups is 3. The molecule has 4 rings (SSSR count). The van der Waals surface area contributed by atoms with Crippen molar-refractivity contribution in [3.05, 3.63) is 134 Å². The number of nitrogens with one attached hydrogen (secondary N) is 2. The van der Waals surface area contributed by atoms with Gasteiger partial charge in [-0.3, -0.25) is 19.7 Å². The van der Waals surface area contributed by atoms with Crippen LogP contribution in [0.3, 0.4) is 0 Å². The number of halogens is 1. The van der Waals surface area contributed by atoms with Crippen molar-refractivity contribution in [1.29, 1.82) is 0 Å². The summed E-state index contributed by atoms with van der Waals surface area (Å²) < 4.78 is 5.40. The number of anilines is 1. The van der Waals surface area contributed by atoms with Crippen LogP contribution in [0.25, 0.3) is 0 Å². The largest absolute Gasteiger partial charge is 0.422 e. The molecular formula is C28H19ClN4O6. The molecule has 11 heteroatoms. The third-order valence-electron chi connectivity index (χ3n) is 5.32. The van der Waals surface area contributed by atoms with E-state index in [9.17, 15) is 24.5 Å². The number of amides is 2. The second-order valence-electron chi connectivity index (χ2n) is 7.97. The van der Waals surface area contributed by atoms with Crippen LogP contribution in [0.5, 0.6) is 5.75 Å². The van der Waals surface area contributed by atoms with Crippen LogP contribution in [-0.4, -0.2) is 28.9 Å². The van der Waals surface area contributed by atoms with Gasteiger partial charge in [0.15, 0.2) is 0 Å². The van der Waals surface area contributed by atoms with Gasteiger partial charge in [-0.1, -0.05) is 23.7 Å². The minimum absolute atomic E-state index is 0.133. The molecular weight excluding hydrogens is 524 g/mol. The van der Waals surface area contributed by atoms with Crippen molar-refractivity contribution in [3.63, 3.8) is 0 Å². The van der Waals surface area contributed by atoms with E-state index in [0.29, 0.717) is 27.4 Å². The lowest BCUT2D eigenvalue weighted by Crippen LogP contribution is -2.18. The minimum atomic E-state index is -0.710. The average molecular weight is 543 g/mol. The molecule has 4 aromatic rings. The number of rotatable bonds is 8. The van der Waals surface area contributed by atoms with Gasteiger partial charge >= 0.3 is 5.97 Å². The molecule has 0 aromatic heterocycles. The number of esters is 1. The van der Waals surface area contributed by atoms with E-state index in [1.54, 1.807) is 60.7 Å². The van der Waals surface area contributed by atoms with Crippen LogP contribution < -0.4 is 15.5 Å². The Balaban J connectivity index is 1.35. The van der Waals surface area contributed by atoms with E-state index in [-0.39, 0.29) is 22.9 Å². The highest BCUT2D eigenvalue weighted by Crippen LogP contribution is 2.19. The summed E-state index contributed by atoms with van der Waals surface area (Å²) in [5, 5.41) is 18.0. The fourth-order valence-electron chi connectivity index (χ4n) is 3.29. The topological polar surface area (TPSA) is 140 Å². The number of carbonyl (C=O) groups excluding carboxylic acids is 3. The highest BCUT2D eigenvalue weighted by molar-refractivity contribution is 6.30. The zero-order valence-electron chi connectivity index (χ0n) is 20.0. The Morgan fingerprint density at radius 3 is 2.05 bits per heavy atom. The molecule has 194 valence electrons. The maximum atomic E-state index is 12.5. The number of ether oxygens (including phenoxy) is 1. The molecule has 0 spiro atoms. The number of hydrazone groups is 1. The van der Waals surface area contributed by atoms with Crippen molar-refractivity contribution in [2.45, 2.75) is 0 Å². The van der Waals surface area contributed by atoms with Crippen molar-refractivity contribution in [3.8, 4) is 5.75 Å². The van der Waals surface area contributed by atoms with Crippen molar-refractivity contribution in [2.75, 3.05) is 5.32 Å². The third kappa shape index (κ3) is 7.12. The SMILES string of the molecule is O=C(N/N=C\c1ccccc1OC(=O)c1ccc([N+](=O)[O-])cc1)c1ccc(NC(=O)c2ccc(Cl)cc2)cc1. The first-order chi connectivity index (χ1) is 18.8. The number of hydrogen-bond acceptors (Lipinski definition) is 7. The lowest BCUT2D eigenvalue weighted by molar-refractivity contribution is -0.384. The van der Waals surface area contributed by atoms with E-state index in [2.05, 4.69) is 15.8 Å². The number of hydrogen-bond donors (Lipinski definition) is 2. The quantitative estimate of drug-likeness (QED) is 0.0992. The molecule has 0 fully saturated rings. The Labute approximate surface area is 227 Å². The Bertz CT molecular complexity index is 1550. The van der Waals surface area contributed by atoms with Crippen LogP contribution in [0.15, 0.2) is 102 Å². The van der Waals surface area contributed by atoms with E-state index in [4.69, 9.17) is 16.3 Å². The van der Waals surface area contributed by atoms with Crippen molar-refractivity contribution < 1.29 is 24.0 Å². The van der Waals surface area contributed by atoms with Gasteiger partial charge in [0.25, 0.3) is 17.5 Å². The molecule has 0 aliphatic carbocycles. The Hall–Kier alpha value is -5.35. The van der Waals surface area contributed by atoms with Crippen LogP contribution in [0, 0.1) is 10.1 Å². The van der Waals surface area contributed by atoms with Gasteiger partial charge in [-0.15, -0.1) is 0 Å². The standard InChI is InChI=1S/C28H19ClN4O6/c29-22-11-5-18(6-12-22)26(34)31-23-13-7-19(8-14-23)27(35)32-30-17-21-3-1-2-4-25(21)39-28(36)20-9-15-24(16-10-20)33(37)38/h1-17H,(H,31,34)(H,32,35)/b30-17-.